The Hall–Kier alpha value is -0.610. The van der Waals surface area contributed by atoms with Crippen LogP contribution in [0.3, 0.4) is 0 Å². The molecule has 4 nitrogen and oxygen atoms in total. The lowest BCUT2D eigenvalue weighted by molar-refractivity contribution is -0.140. The van der Waals surface area contributed by atoms with Crippen LogP contribution >= 0.6 is 0 Å². The van der Waals surface area contributed by atoms with Crippen LogP contribution < -0.4 is 5.32 Å². The maximum Gasteiger partial charge on any atom is 0.240 e. The van der Waals surface area contributed by atoms with E-state index in [0.29, 0.717) is 6.54 Å². The van der Waals surface area contributed by atoms with Crippen LogP contribution in [0.4, 0.5) is 0 Å². The molecule has 1 heterocycles. The number of nitrogens with zero attached hydrogens (tertiary/aromatic N) is 1. The van der Waals surface area contributed by atoms with Crippen LogP contribution in [-0.2, 0) is 4.79 Å². The molecule has 0 radical (unpaired) electrons. The van der Waals surface area contributed by atoms with E-state index >= 15 is 0 Å². The molecule has 0 aliphatic carbocycles. The predicted molar refractivity (Wildman–Crippen MR) is 55.0 cm³/mol. The van der Waals surface area contributed by atoms with Crippen molar-refractivity contribution in [2.45, 2.75) is 38.8 Å². The summed E-state index contributed by atoms with van der Waals surface area (Å²) in [6.45, 7) is 9.15. The normalized spacial score (nSPS) is 25.9. The van der Waals surface area contributed by atoms with Gasteiger partial charge in [-0.3, -0.25) is 9.69 Å². The number of aliphatic hydroxyl groups is 1. The highest BCUT2D eigenvalue weighted by Crippen LogP contribution is 2.23. The van der Waals surface area contributed by atoms with Crippen molar-refractivity contribution in [3.8, 4) is 0 Å². The molecule has 0 unspecified atom stereocenters. The maximum absolute atomic E-state index is 11.8. The third kappa shape index (κ3) is 2.07. The van der Waals surface area contributed by atoms with Crippen molar-refractivity contribution in [3.63, 3.8) is 0 Å². The standard InChI is InChI=1S/C10H20N2O2/c1-9(2)7-12(5-6-13)10(3,4)8(14)11-9/h13H,5-7H2,1-4H3,(H,11,14). The van der Waals surface area contributed by atoms with Gasteiger partial charge in [0, 0.05) is 18.6 Å². The van der Waals surface area contributed by atoms with E-state index in [1.54, 1.807) is 0 Å². The van der Waals surface area contributed by atoms with Gasteiger partial charge in [0.25, 0.3) is 0 Å². The monoisotopic (exact) mass is 200 g/mol. The lowest BCUT2D eigenvalue weighted by Crippen LogP contribution is -2.69. The molecule has 0 saturated carbocycles. The number of nitrogens with one attached hydrogen (secondary N) is 1. The Morgan fingerprint density at radius 1 is 1.43 bits per heavy atom. The second-order valence-corrected chi connectivity index (χ2v) is 5.04. The van der Waals surface area contributed by atoms with Gasteiger partial charge >= 0.3 is 0 Å². The van der Waals surface area contributed by atoms with E-state index in [2.05, 4.69) is 5.32 Å². The summed E-state index contributed by atoms with van der Waals surface area (Å²) in [4.78, 5) is 13.8. The Morgan fingerprint density at radius 3 is 2.50 bits per heavy atom. The van der Waals surface area contributed by atoms with Crippen molar-refractivity contribution in [2.75, 3.05) is 19.7 Å². The molecule has 0 aromatic carbocycles. The Morgan fingerprint density at radius 2 is 2.00 bits per heavy atom. The number of rotatable bonds is 2. The highest BCUT2D eigenvalue weighted by atomic mass is 16.3. The highest BCUT2D eigenvalue weighted by Gasteiger charge is 2.43. The summed E-state index contributed by atoms with van der Waals surface area (Å²) < 4.78 is 0. The molecule has 14 heavy (non-hydrogen) atoms. The van der Waals surface area contributed by atoms with E-state index in [-0.39, 0.29) is 18.1 Å². The van der Waals surface area contributed by atoms with Gasteiger partial charge < -0.3 is 10.4 Å². The van der Waals surface area contributed by atoms with E-state index < -0.39 is 5.54 Å². The van der Waals surface area contributed by atoms with Crippen LogP contribution in [-0.4, -0.2) is 46.7 Å². The SMILES string of the molecule is CC1(C)CN(CCO)C(C)(C)C(=O)N1. The van der Waals surface area contributed by atoms with Gasteiger partial charge in [-0.05, 0) is 27.7 Å². The zero-order valence-corrected chi connectivity index (χ0v) is 9.42. The van der Waals surface area contributed by atoms with Crippen molar-refractivity contribution >= 4 is 5.91 Å². The molecule has 1 rings (SSSR count). The number of carbonyl (C=O) groups is 1. The van der Waals surface area contributed by atoms with Gasteiger partial charge in [0.1, 0.15) is 0 Å². The molecular formula is C10H20N2O2. The van der Waals surface area contributed by atoms with Crippen molar-refractivity contribution in [2.24, 2.45) is 0 Å². The minimum absolute atomic E-state index is 0.0298. The lowest BCUT2D eigenvalue weighted by atomic mass is 9.91. The molecule has 1 fully saturated rings. The molecule has 1 aliphatic rings. The molecule has 2 N–H and O–H groups in total. The molecule has 0 aromatic heterocycles. The van der Waals surface area contributed by atoms with Crippen LogP contribution in [0.5, 0.6) is 0 Å². The number of β-amino-alcohol motifs (C(OH)–C–C–N with tert-alkyl or cyclic N) is 1. The third-order valence-electron chi connectivity index (χ3n) is 2.75. The Bertz CT molecular complexity index is 236. The summed E-state index contributed by atoms with van der Waals surface area (Å²) in [5, 5.41) is 11.9. The average Bonchev–Trinajstić information content (AvgIpc) is 2.00. The Labute approximate surface area is 85.3 Å². The van der Waals surface area contributed by atoms with Crippen LogP contribution in [0.25, 0.3) is 0 Å². The molecule has 0 atom stereocenters. The topological polar surface area (TPSA) is 52.6 Å². The fourth-order valence-corrected chi connectivity index (χ4v) is 1.80. The fourth-order valence-electron chi connectivity index (χ4n) is 1.80. The van der Waals surface area contributed by atoms with Crippen LogP contribution in [0.15, 0.2) is 0 Å². The quantitative estimate of drug-likeness (QED) is 0.658. The Kier molecular flexibility index (Phi) is 2.88. The summed E-state index contributed by atoms with van der Waals surface area (Å²) in [5.41, 5.74) is -0.722. The summed E-state index contributed by atoms with van der Waals surface area (Å²) in [5.74, 6) is 0.0298. The predicted octanol–water partition coefficient (Wildman–Crippen LogP) is -0.0323. The molecule has 0 bridgehead atoms. The van der Waals surface area contributed by atoms with Crippen LogP contribution in [0.2, 0.25) is 0 Å². The first-order valence-electron chi connectivity index (χ1n) is 4.98. The minimum atomic E-state index is -0.516. The number of carbonyl (C=O) groups excluding carboxylic acids is 1. The number of hydrogen-bond donors (Lipinski definition) is 2. The summed E-state index contributed by atoms with van der Waals surface area (Å²) in [6, 6.07) is 0. The number of piperazine rings is 1. The van der Waals surface area contributed by atoms with Gasteiger partial charge in [0.2, 0.25) is 5.91 Å². The molecular weight excluding hydrogens is 180 g/mol. The number of amides is 1. The molecule has 0 spiro atoms. The van der Waals surface area contributed by atoms with E-state index in [0.717, 1.165) is 6.54 Å². The number of hydrogen-bond acceptors (Lipinski definition) is 3. The second kappa shape index (κ2) is 3.51. The van der Waals surface area contributed by atoms with Crippen molar-refractivity contribution in [3.05, 3.63) is 0 Å². The first kappa shape index (κ1) is 11.5. The molecule has 1 saturated heterocycles. The lowest BCUT2D eigenvalue weighted by Gasteiger charge is -2.48. The van der Waals surface area contributed by atoms with E-state index in [9.17, 15) is 4.79 Å². The van der Waals surface area contributed by atoms with E-state index in [1.165, 1.54) is 0 Å². The zero-order chi connectivity index (χ0) is 11.0. The van der Waals surface area contributed by atoms with Crippen molar-refractivity contribution in [1.29, 1.82) is 0 Å². The summed E-state index contributed by atoms with van der Waals surface area (Å²) in [7, 11) is 0. The average molecular weight is 200 g/mol. The highest BCUT2D eigenvalue weighted by molar-refractivity contribution is 5.86. The second-order valence-electron chi connectivity index (χ2n) is 5.04. The van der Waals surface area contributed by atoms with Gasteiger partial charge in [0.05, 0.1) is 12.1 Å². The molecule has 0 aromatic rings. The van der Waals surface area contributed by atoms with E-state index in [4.69, 9.17) is 5.11 Å². The number of aliphatic hydroxyl groups excluding tert-OH is 1. The largest absolute Gasteiger partial charge is 0.395 e. The molecule has 4 heteroatoms. The van der Waals surface area contributed by atoms with Crippen LogP contribution in [0, 0.1) is 0 Å². The first-order chi connectivity index (χ1) is 6.29. The van der Waals surface area contributed by atoms with Gasteiger partial charge in [-0.2, -0.15) is 0 Å². The van der Waals surface area contributed by atoms with Crippen LogP contribution in [0.1, 0.15) is 27.7 Å². The van der Waals surface area contributed by atoms with Gasteiger partial charge in [0.15, 0.2) is 0 Å². The summed E-state index contributed by atoms with van der Waals surface area (Å²) in [6.07, 6.45) is 0. The molecule has 1 amide bonds. The zero-order valence-electron chi connectivity index (χ0n) is 9.42. The van der Waals surface area contributed by atoms with Gasteiger partial charge in [-0.1, -0.05) is 0 Å². The fraction of sp³-hybridized carbons (Fsp3) is 0.900. The Balaban J connectivity index is 2.84. The van der Waals surface area contributed by atoms with Gasteiger partial charge in [-0.15, -0.1) is 0 Å². The minimum Gasteiger partial charge on any atom is -0.395 e. The first-order valence-corrected chi connectivity index (χ1v) is 4.98. The van der Waals surface area contributed by atoms with Crippen molar-refractivity contribution in [1.82, 2.24) is 10.2 Å². The van der Waals surface area contributed by atoms with Gasteiger partial charge in [-0.25, -0.2) is 0 Å². The maximum atomic E-state index is 11.8. The molecule has 82 valence electrons. The summed E-state index contributed by atoms with van der Waals surface area (Å²) >= 11 is 0. The molecule has 1 aliphatic heterocycles. The van der Waals surface area contributed by atoms with Crippen molar-refractivity contribution < 1.29 is 9.90 Å². The van der Waals surface area contributed by atoms with E-state index in [1.807, 2.05) is 32.6 Å². The third-order valence-corrected chi connectivity index (χ3v) is 2.75. The smallest absolute Gasteiger partial charge is 0.240 e.